The molecule has 0 N–H and O–H groups in total. The predicted molar refractivity (Wildman–Crippen MR) is 107 cm³/mol. The highest BCUT2D eigenvalue weighted by atomic mass is 16.5. The molecule has 0 heterocycles. The zero-order chi connectivity index (χ0) is 19.3. The SMILES string of the molecule is CCOC(=O)CCCCCCCCCCCCCCCCC(=O)OCC. The van der Waals surface area contributed by atoms with Crippen LogP contribution in [0.4, 0.5) is 0 Å². The van der Waals surface area contributed by atoms with Gasteiger partial charge in [-0.3, -0.25) is 9.59 Å². The first-order chi connectivity index (χ1) is 12.7. The zero-order valence-electron chi connectivity index (χ0n) is 17.4. The Kier molecular flexibility index (Phi) is 19.4. The molecule has 0 amide bonds. The lowest BCUT2D eigenvalue weighted by molar-refractivity contribution is -0.144. The van der Waals surface area contributed by atoms with E-state index in [0.29, 0.717) is 26.1 Å². The number of esters is 2. The van der Waals surface area contributed by atoms with Crippen LogP contribution < -0.4 is 0 Å². The Morgan fingerprint density at radius 1 is 0.462 bits per heavy atom. The molecule has 0 saturated heterocycles. The second kappa shape index (κ2) is 20.3. The maximum absolute atomic E-state index is 11.2. The number of unbranched alkanes of at least 4 members (excludes halogenated alkanes) is 13. The Morgan fingerprint density at radius 3 is 0.923 bits per heavy atom. The van der Waals surface area contributed by atoms with Crippen LogP contribution in [-0.2, 0) is 19.1 Å². The first kappa shape index (κ1) is 24.9. The molecular weight excluding hydrogens is 328 g/mol. The molecular formula is C22H42O4. The molecule has 0 aliphatic rings. The van der Waals surface area contributed by atoms with E-state index in [1.54, 1.807) is 0 Å². The second-order valence-corrected chi connectivity index (χ2v) is 7.06. The molecule has 4 nitrogen and oxygen atoms in total. The topological polar surface area (TPSA) is 52.6 Å². The van der Waals surface area contributed by atoms with E-state index in [0.717, 1.165) is 25.7 Å². The van der Waals surface area contributed by atoms with Crippen molar-refractivity contribution in [3.8, 4) is 0 Å². The summed E-state index contributed by atoms with van der Waals surface area (Å²) in [5.41, 5.74) is 0. The molecule has 0 aliphatic carbocycles. The van der Waals surface area contributed by atoms with Gasteiger partial charge in [-0.1, -0.05) is 77.0 Å². The summed E-state index contributed by atoms with van der Waals surface area (Å²) in [5.74, 6) is -0.0991. The van der Waals surface area contributed by atoms with Crippen LogP contribution in [0.5, 0.6) is 0 Å². The lowest BCUT2D eigenvalue weighted by Gasteiger charge is -2.04. The Bertz CT molecular complexity index is 296. The minimum absolute atomic E-state index is 0.0495. The summed E-state index contributed by atoms with van der Waals surface area (Å²) in [6.07, 6.45) is 18.5. The van der Waals surface area contributed by atoms with Gasteiger partial charge in [0.05, 0.1) is 13.2 Å². The molecule has 0 aliphatic heterocycles. The predicted octanol–water partition coefficient (Wildman–Crippen LogP) is 6.35. The van der Waals surface area contributed by atoms with E-state index < -0.39 is 0 Å². The number of hydrogen-bond donors (Lipinski definition) is 0. The summed E-state index contributed by atoms with van der Waals surface area (Å²) in [5, 5.41) is 0. The monoisotopic (exact) mass is 370 g/mol. The second-order valence-electron chi connectivity index (χ2n) is 7.06. The van der Waals surface area contributed by atoms with Crippen molar-refractivity contribution in [2.75, 3.05) is 13.2 Å². The van der Waals surface area contributed by atoms with Crippen LogP contribution in [0.25, 0.3) is 0 Å². The Labute approximate surface area is 161 Å². The summed E-state index contributed by atoms with van der Waals surface area (Å²) in [6, 6.07) is 0. The van der Waals surface area contributed by atoms with Crippen LogP contribution in [-0.4, -0.2) is 25.2 Å². The van der Waals surface area contributed by atoms with Gasteiger partial charge in [-0.25, -0.2) is 0 Å². The summed E-state index contributed by atoms with van der Waals surface area (Å²) in [7, 11) is 0. The Morgan fingerprint density at radius 2 is 0.692 bits per heavy atom. The standard InChI is InChI=1S/C22H42O4/c1-3-25-21(23)19-17-15-13-11-9-7-5-6-8-10-12-14-16-18-20-22(24)26-4-2/h3-20H2,1-2H3. The Balaban J connectivity index is 3.09. The lowest BCUT2D eigenvalue weighted by Crippen LogP contribution is -2.03. The lowest BCUT2D eigenvalue weighted by atomic mass is 10.0. The fourth-order valence-corrected chi connectivity index (χ4v) is 3.13. The van der Waals surface area contributed by atoms with Gasteiger partial charge < -0.3 is 9.47 Å². The molecule has 154 valence electrons. The molecule has 0 rings (SSSR count). The van der Waals surface area contributed by atoms with Gasteiger partial charge in [0, 0.05) is 12.8 Å². The molecule has 26 heavy (non-hydrogen) atoms. The van der Waals surface area contributed by atoms with Crippen LogP contribution in [0, 0.1) is 0 Å². The van der Waals surface area contributed by atoms with Crippen molar-refractivity contribution >= 4 is 11.9 Å². The molecule has 0 aromatic heterocycles. The van der Waals surface area contributed by atoms with Gasteiger partial charge in [-0.15, -0.1) is 0 Å². The van der Waals surface area contributed by atoms with Crippen LogP contribution in [0.3, 0.4) is 0 Å². The fraction of sp³-hybridized carbons (Fsp3) is 0.909. The first-order valence-electron chi connectivity index (χ1n) is 11.0. The molecule has 0 aromatic rings. The van der Waals surface area contributed by atoms with Crippen molar-refractivity contribution in [3.63, 3.8) is 0 Å². The van der Waals surface area contributed by atoms with E-state index in [2.05, 4.69) is 0 Å². The van der Waals surface area contributed by atoms with Crippen LogP contribution in [0.15, 0.2) is 0 Å². The Hall–Kier alpha value is -1.06. The van der Waals surface area contributed by atoms with Crippen LogP contribution in [0.2, 0.25) is 0 Å². The maximum atomic E-state index is 11.2. The van der Waals surface area contributed by atoms with Crippen molar-refractivity contribution in [2.24, 2.45) is 0 Å². The van der Waals surface area contributed by atoms with Gasteiger partial charge in [0.25, 0.3) is 0 Å². The van der Waals surface area contributed by atoms with Gasteiger partial charge in [-0.2, -0.15) is 0 Å². The quantitative estimate of drug-likeness (QED) is 0.196. The van der Waals surface area contributed by atoms with E-state index >= 15 is 0 Å². The molecule has 0 atom stereocenters. The summed E-state index contributed by atoms with van der Waals surface area (Å²) >= 11 is 0. The molecule has 0 unspecified atom stereocenters. The molecule has 0 saturated carbocycles. The molecule has 0 radical (unpaired) electrons. The van der Waals surface area contributed by atoms with Crippen molar-refractivity contribution in [1.82, 2.24) is 0 Å². The number of rotatable bonds is 19. The van der Waals surface area contributed by atoms with E-state index in [1.807, 2.05) is 13.8 Å². The molecule has 0 spiro atoms. The third-order valence-corrected chi connectivity index (χ3v) is 4.62. The van der Waals surface area contributed by atoms with Gasteiger partial charge in [0.2, 0.25) is 0 Å². The molecule has 0 aromatic carbocycles. The van der Waals surface area contributed by atoms with Crippen LogP contribution in [0.1, 0.15) is 117 Å². The minimum Gasteiger partial charge on any atom is -0.466 e. The minimum atomic E-state index is -0.0495. The normalized spacial score (nSPS) is 10.7. The molecule has 4 heteroatoms. The number of hydrogen-bond acceptors (Lipinski definition) is 4. The van der Waals surface area contributed by atoms with Crippen LogP contribution >= 0.6 is 0 Å². The molecule has 0 bridgehead atoms. The summed E-state index contributed by atoms with van der Waals surface area (Å²) < 4.78 is 9.84. The highest BCUT2D eigenvalue weighted by Crippen LogP contribution is 2.14. The van der Waals surface area contributed by atoms with E-state index in [9.17, 15) is 9.59 Å². The van der Waals surface area contributed by atoms with Crippen molar-refractivity contribution in [2.45, 2.75) is 117 Å². The van der Waals surface area contributed by atoms with Gasteiger partial charge >= 0.3 is 11.9 Å². The average Bonchev–Trinajstić information content (AvgIpc) is 2.61. The van der Waals surface area contributed by atoms with E-state index in [1.165, 1.54) is 64.2 Å². The third-order valence-electron chi connectivity index (χ3n) is 4.62. The highest BCUT2D eigenvalue weighted by molar-refractivity contribution is 5.69. The van der Waals surface area contributed by atoms with Crippen molar-refractivity contribution in [3.05, 3.63) is 0 Å². The highest BCUT2D eigenvalue weighted by Gasteiger charge is 2.01. The van der Waals surface area contributed by atoms with Gasteiger partial charge in [0.1, 0.15) is 0 Å². The first-order valence-corrected chi connectivity index (χ1v) is 11.0. The number of ether oxygens (including phenoxy) is 2. The number of carbonyl (C=O) groups excluding carboxylic acids is 2. The zero-order valence-corrected chi connectivity index (χ0v) is 17.4. The molecule has 0 fully saturated rings. The average molecular weight is 371 g/mol. The largest absolute Gasteiger partial charge is 0.466 e. The van der Waals surface area contributed by atoms with E-state index in [4.69, 9.17) is 9.47 Å². The van der Waals surface area contributed by atoms with Gasteiger partial charge in [0.15, 0.2) is 0 Å². The maximum Gasteiger partial charge on any atom is 0.305 e. The van der Waals surface area contributed by atoms with Crippen molar-refractivity contribution < 1.29 is 19.1 Å². The summed E-state index contributed by atoms with van der Waals surface area (Å²) in [6.45, 7) is 4.70. The van der Waals surface area contributed by atoms with Crippen molar-refractivity contribution in [1.29, 1.82) is 0 Å². The third kappa shape index (κ3) is 19.3. The van der Waals surface area contributed by atoms with Gasteiger partial charge in [-0.05, 0) is 26.7 Å². The number of carbonyl (C=O) groups is 2. The smallest absolute Gasteiger partial charge is 0.305 e. The van der Waals surface area contributed by atoms with E-state index in [-0.39, 0.29) is 11.9 Å². The fourth-order valence-electron chi connectivity index (χ4n) is 3.13. The summed E-state index contributed by atoms with van der Waals surface area (Å²) in [4.78, 5) is 22.4.